The molecule has 13 heteroatoms. The molecule has 0 saturated carbocycles. The normalized spacial score (nSPS) is 11.4. The lowest BCUT2D eigenvalue weighted by Crippen LogP contribution is -2.40. The summed E-state index contributed by atoms with van der Waals surface area (Å²) in [5, 5.41) is 10.4. The summed E-state index contributed by atoms with van der Waals surface area (Å²) in [6.07, 6.45) is 0. The van der Waals surface area contributed by atoms with Gasteiger partial charge in [-0.2, -0.15) is 0 Å². The molecule has 5 rings (SSSR count). The second-order valence-electron chi connectivity index (χ2n) is 9.52. The molecule has 0 fully saturated rings. The lowest BCUT2D eigenvalue weighted by molar-refractivity contribution is 0.0957. The molecule has 3 aromatic heterocycles. The molecule has 3 N–H and O–H groups in total. The maximum absolute atomic E-state index is 14.8. The van der Waals surface area contributed by atoms with Crippen molar-refractivity contribution < 1.29 is 13.6 Å². The van der Waals surface area contributed by atoms with Crippen LogP contribution in [0.2, 0.25) is 0 Å². The highest BCUT2D eigenvalue weighted by molar-refractivity contribution is 7.22. The van der Waals surface area contributed by atoms with E-state index < -0.39 is 35.3 Å². The van der Waals surface area contributed by atoms with E-state index in [1.54, 1.807) is 24.3 Å². The van der Waals surface area contributed by atoms with Crippen molar-refractivity contribution in [1.82, 2.24) is 29.5 Å². The molecule has 210 valence electrons. The average molecular weight is 578 g/mol. The number of rotatable bonds is 7. The Morgan fingerprint density at radius 3 is 2.27 bits per heavy atom. The fourth-order valence-corrected chi connectivity index (χ4v) is 5.78. The monoisotopic (exact) mass is 577 g/mol. The average Bonchev–Trinajstić information content (AvgIpc) is 3.31. The molecule has 0 aliphatic heterocycles. The maximum Gasteiger partial charge on any atom is 0.338 e. The van der Waals surface area contributed by atoms with E-state index in [1.165, 1.54) is 36.6 Å². The third kappa shape index (κ3) is 5.12. The zero-order valence-electron chi connectivity index (χ0n) is 22.3. The number of hydrogen-bond donors (Lipinski definition) is 2. The first-order valence-corrected chi connectivity index (χ1v) is 13.2. The van der Waals surface area contributed by atoms with Gasteiger partial charge in [-0.05, 0) is 61.6 Å². The number of thiophene rings is 1. The van der Waals surface area contributed by atoms with Crippen LogP contribution in [-0.4, -0.2) is 51.3 Å². The van der Waals surface area contributed by atoms with Crippen molar-refractivity contribution in [1.29, 1.82) is 0 Å². The Bertz CT molecular complexity index is 1880. The number of hydrogen-bond acceptors (Lipinski definition) is 8. The molecule has 0 atom stereocenters. The van der Waals surface area contributed by atoms with Crippen LogP contribution in [-0.2, 0) is 13.1 Å². The van der Waals surface area contributed by atoms with Gasteiger partial charge in [0.2, 0.25) is 0 Å². The summed E-state index contributed by atoms with van der Waals surface area (Å²) in [5.41, 5.74) is 5.93. The van der Waals surface area contributed by atoms with Crippen LogP contribution in [0.1, 0.15) is 21.6 Å². The number of anilines is 1. The number of nitrogens with one attached hydrogen (secondary N) is 1. The molecule has 10 nitrogen and oxygen atoms in total. The van der Waals surface area contributed by atoms with Crippen molar-refractivity contribution in [2.24, 2.45) is 0 Å². The summed E-state index contributed by atoms with van der Waals surface area (Å²) in [5.74, 6) is -2.31. The van der Waals surface area contributed by atoms with Gasteiger partial charge in [-0.1, -0.05) is 18.2 Å². The van der Waals surface area contributed by atoms with Crippen LogP contribution in [0.4, 0.5) is 14.5 Å². The third-order valence-electron chi connectivity index (χ3n) is 6.44. The number of nitrogens with two attached hydrogens (primary N) is 1. The van der Waals surface area contributed by atoms with E-state index in [-0.39, 0.29) is 27.3 Å². The van der Waals surface area contributed by atoms with Crippen molar-refractivity contribution in [2.75, 3.05) is 26.9 Å². The molecule has 5 aromatic rings. The Morgan fingerprint density at radius 1 is 1.00 bits per heavy atom. The van der Waals surface area contributed by atoms with E-state index in [9.17, 15) is 23.2 Å². The van der Waals surface area contributed by atoms with Gasteiger partial charge in [0.25, 0.3) is 11.5 Å². The fraction of sp³-hybridized carbons (Fsp3) is 0.179. The van der Waals surface area contributed by atoms with Crippen molar-refractivity contribution in [3.63, 3.8) is 0 Å². The summed E-state index contributed by atoms with van der Waals surface area (Å²) in [6.45, 7) is -0.163. The van der Waals surface area contributed by atoms with Crippen LogP contribution < -0.4 is 22.3 Å². The van der Waals surface area contributed by atoms with Gasteiger partial charge in [-0.3, -0.25) is 14.2 Å². The molecule has 0 aliphatic carbocycles. The summed E-state index contributed by atoms with van der Waals surface area (Å²) in [7, 11) is 5.10. The molecular formula is C28H25F2N7O3S. The number of carbonyl (C=O) groups excluding carboxylic acids is 1. The molecule has 2 aromatic carbocycles. The summed E-state index contributed by atoms with van der Waals surface area (Å²) >= 11 is 1.17. The highest BCUT2D eigenvalue weighted by Gasteiger charge is 2.26. The van der Waals surface area contributed by atoms with Crippen molar-refractivity contribution in [3.05, 3.63) is 104 Å². The number of nitrogen functional groups attached to an aromatic ring is 1. The summed E-state index contributed by atoms with van der Waals surface area (Å²) in [6, 6.07) is 13.1. The van der Waals surface area contributed by atoms with Gasteiger partial charge in [0.1, 0.15) is 16.5 Å². The first-order valence-electron chi connectivity index (χ1n) is 12.4. The van der Waals surface area contributed by atoms with Gasteiger partial charge in [0, 0.05) is 29.7 Å². The van der Waals surface area contributed by atoms with Gasteiger partial charge >= 0.3 is 5.69 Å². The Morgan fingerprint density at radius 2 is 1.68 bits per heavy atom. The molecule has 0 unspecified atom stereocenters. The van der Waals surface area contributed by atoms with E-state index in [2.05, 4.69) is 15.5 Å². The second kappa shape index (κ2) is 11.0. The quantitative estimate of drug-likeness (QED) is 0.285. The zero-order chi connectivity index (χ0) is 29.4. The van der Waals surface area contributed by atoms with Crippen LogP contribution in [0, 0.1) is 11.6 Å². The molecule has 0 aliphatic rings. The first-order chi connectivity index (χ1) is 19.6. The van der Waals surface area contributed by atoms with E-state index in [1.807, 2.05) is 19.0 Å². The Labute approximate surface area is 236 Å². The maximum atomic E-state index is 14.8. The summed E-state index contributed by atoms with van der Waals surface area (Å²) < 4.78 is 31.5. The van der Waals surface area contributed by atoms with Crippen LogP contribution in [0.15, 0.2) is 64.2 Å². The van der Waals surface area contributed by atoms with E-state index in [4.69, 9.17) is 5.73 Å². The Kier molecular flexibility index (Phi) is 7.47. The topological polar surface area (TPSA) is 128 Å². The number of nitrogens with zero attached hydrogens (tertiary/aromatic N) is 5. The minimum absolute atomic E-state index is 0.0198. The third-order valence-corrected chi connectivity index (χ3v) is 7.74. The van der Waals surface area contributed by atoms with Crippen molar-refractivity contribution >= 4 is 33.1 Å². The molecule has 0 saturated heterocycles. The predicted molar refractivity (Wildman–Crippen MR) is 153 cm³/mol. The van der Waals surface area contributed by atoms with Gasteiger partial charge in [-0.15, -0.1) is 21.5 Å². The molecule has 0 radical (unpaired) electrons. The van der Waals surface area contributed by atoms with Crippen LogP contribution >= 0.6 is 11.3 Å². The van der Waals surface area contributed by atoms with E-state index in [0.29, 0.717) is 22.7 Å². The molecule has 41 heavy (non-hydrogen) atoms. The second-order valence-corrected chi connectivity index (χ2v) is 10.5. The smallest absolute Gasteiger partial charge is 0.338 e. The lowest BCUT2D eigenvalue weighted by atomic mass is 10.1. The molecule has 0 spiro atoms. The SMILES string of the molecule is CNC(=O)c1ccc(-n2c(=O)c3c(CN(C)C)c(-c4ccc(N)cc4)sc3n(Cc3c(F)cccc3F)c2=O)nn1. The number of halogens is 2. The number of benzene rings is 2. The largest absolute Gasteiger partial charge is 0.399 e. The van der Waals surface area contributed by atoms with Crippen LogP contribution in [0.3, 0.4) is 0 Å². The first kappa shape index (κ1) is 27.8. The molecular weight excluding hydrogens is 552 g/mol. The van der Waals surface area contributed by atoms with Gasteiger partial charge in [0.15, 0.2) is 11.5 Å². The minimum atomic E-state index is -0.867. The highest BCUT2D eigenvalue weighted by atomic mass is 32.1. The molecule has 1 amide bonds. The predicted octanol–water partition coefficient (Wildman–Crippen LogP) is 3.00. The van der Waals surface area contributed by atoms with Gasteiger partial charge < -0.3 is 16.0 Å². The van der Waals surface area contributed by atoms with Crippen LogP contribution in [0.25, 0.3) is 26.5 Å². The minimum Gasteiger partial charge on any atom is -0.399 e. The number of fused-ring (bicyclic) bond motifs is 1. The van der Waals surface area contributed by atoms with Crippen LogP contribution in [0.5, 0.6) is 0 Å². The summed E-state index contributed by atoms with van der Waals surface area (Å²) in [4.78, 5) is 42.8. The number of amides is 1. The highest BCUT2D eigenvalue weighted by Crippen LogP contribution is 2.38. The van der Waals surface area contributed by atoms with E-state index in [0.717, 1.165) is 26.8 Å². The number of carbonyl (C=O) groups is 1. The Balaban J connectivity index is 1.87. The standard InChI is InChI=1S/C28H25F2N7O3S/c1-32-25(38)21-11-12-22(34-33-21)37-26(39)23-18(13-35(2)3)24(15-7-9-16(31)10-8-15)41-27(23)36(28(37)40)14-17-19(29)5-4-6-20(17)30/h4-12H,13-14,31H2,1-3H3,(H,32,38). The van der Waals surface area contributed by atoms with Crippen molar-refractivity contribution in [2.45, 2.75) is 13.1 Å². The van der Waals surface area contributed by atoms with Gasteiger partial charge in [-0.25, -0.2) is 18.1 Å². The lowest BCUT2D eigenvalue weighted by Gasteiger charge is -2.14. The Hall–Kier alpha value is -4.75. The number of aromatic nitrogens is 4. The van der Waals surface area contributed by atoms with Crippen molar-refractivity contribution in [3.8, 4) is 16.3 Å². The molecule has 0 bridgehead atoms. The van der Waals surface area contributed by atoms with Gasteiger partial charge in [0.05, 0.1) is 11.9 Å². The molecule has 3 heterocycles. The zero-order valence-corrected chi connectivity index (χ0v) is 23.1. The van der Waals surface area contributed by atoms with E-state index >= 15 is 0 Å². The fourth-order valence-electron chi connectivity index (χ4n) is 4.48.